The molecule has 1 aliphatic heterocycles. The van der Waals surface area contributed by atoms with Crippen LogP contribution in [0.1, 0.15) is 68.1 Å². The van der Waals surface area contributed by atoms with E-state index in [1.807, 2.05) is 18.2 Å². The summed E-state index contributed by atoms with van der Waals surface area (Å²) in [6.45, 7) is 3.32. The van der Waals surface area contributed by atoms with Gasteiger partial charge in [-0.25, -0.2) is 0 Å². The van der Waals surface area contributed by atoms with E-state index in [0.29, 0.717) is 17.7 Å². The van der Waals surface area contributed by atoms with Crippen molar-refractivity contribution in [3.63, 3.8) is 0 Å². The lowest BCUT2D eigenvalue weighted by molar-refractivity contribution is -0.0239. The zero-order chi connectivity index (χ0) is 20.8. The van der Waals surface area contributed by atoms with Crippen molar-refractivity contribution in [2.45, 2.75) is 75.8 Å². The van der Waals surface area contributed by atoms with E-state index in [1.165, 1.54) is 76.6 Å². The van der Waals surface area contributed by atoms with Crippen molar-refractivity contribution in [2.75, 3.05) is 18.4 Å². The molecule has 0 spiro atoms. The SMILES string of the molecule is Cl.Cl.Oc1ccccc1CNc1ccc2c(c1)[C@@]13CCCC[C@H]1[C@@H](C2)N(CC1CCC1)CC3. The van der Waals surface area contributed by atoms with Crippen LogP contribution in [0.15, 0.2) is 42.5 Å². The van der Waals surface area contributed by atoms with Gasteiger partial charge in [0.2, 0.25) is 0 Å². The number of nitrogens with zero attached hydrogens (tertiary/aromatic N) is 1. The zero-order valence-corrected chi connectivity index (χ0v) is 21.1. The maximum Gasteiger partial charge on any atom is 0.120 e. The van der Waals surface area contributed by atoms with Crippen LogP contribution in [0, 0.1) is 11.8 Å². The Bertz CT molecular complexity index is 963. The van der Waals surface area contributed by atoms with Crippen LogP contribution in [-0.2, 0) is 18.4 Å². The summed E-state index contributed by atoms with van der Waals surface area (Å²) >= 11 is 0. The number of hydrogen-bond donors (Lipinski definition) is 2. The van der Waals surface area contributed by atoms with Crippen LogP contribution in [0.4, 0.5) is 5.69 Å². The second-order valence-electron chi connectivity index (χ2n) is 10.7. The molecule has 0 aromatic heterocycles. The van der Waals surface area contributed by atoms with Crippen molar-refractivity contribution in [3.8, 4) is 5.75 Å². The van der Waals surface area contributed by atoms with Crippen molar-refractivity contribution in [1.82, 2.24) is 4.90 Å². The molecule has 2 aromatic carbocycles. The predicted molar refractivity (Wildman–Crippen MR) is 141 cm³/mol. The highest BCUT2D eigenvalue weighted by Gasteiger charge is 2.53. The van der Waals surface area contributed by atoms with Crippen molar-refractivity contribution in [2.24, 2.45) is 11.8 Å². The Morgan fingerprint density at radius 3 is 2.61 bits per heavy atom. The molecule has 3 nitrogen and oxygen atoms in total. The lowest BCUT2D eigenvalue weighted by Crippen LogP contribution is -2.61. The summed E-state index contributed by atoms with van der Waals surface area (Å²) in [5.41, 5.74) is 5.82. The number of rotatable bonds is 5. The average molecular weight is 490 g/mol. The number of likely N-dealkylation sites (tertiary alicyclic amines) is 1. The van der Waals surface area contributed by atoms with Gasteiger partial charge in [-0.15, -0.1) is 24.8 Å². The topological polar surface area (TPSA) is 35.5 Å². The molecule has 4 aliphatic rings. The maximum absolute atomic E-state index is 10.1. The first-order chi connectivity index (χ1) is 15.2. The molecule has 3 aliphatic carbocycles. The van der Waals surface area contributed by atoms with Crippen LogP contribution >= 0.6 is 24.8 Å². The molecule has 5 heteroatoms. The zero-order valence-electron chi connectivity index (χ0n) is 19.5. The van der Waals surface area contributed by atoms with Gasteiger partial charge in [0, 0.05) is 35.8 Å². The Labute approximate surface area is 211 Å². The molecule has 2 aromatic rings. The van der Waals surface area contributed by atoms with Gasteiger partial charge in [0.05, 0.1) is 0 Å². The van der Waals surface area contributed by atoms with Gasteiger partial charge in [-0.2, -0.15) is 0 Å². The highest BCUT2D eigenvalue weighted by atomic mass is 35.5. The summed E-state index contributed by atoms with van der Waals surface area (Å²) < 4.78 is 0. The smallest absolute Gasteiger partial charge is 0.120 e. The average Bonchev–Trinajstić information content (AvgIpc) is 2.77. The molecular weight excluding hydrogens is 451 g/mol. The molecule has 33 heavy (non-hydrogen) atoms. The summed E-state index contributed by atoms with van der Waals surface area (Å²) in [7, 11) is 0. The molecule has 2 N–H and O–H groups in total. The molecular formula is C28H38Cl2N2O. The highest BCUT2D eigenvalue weighted by Crippen LogP contribution is 2.56. The third-order valence-electron chi connectivity index (χ3n) is 9.14. The standard InChI is InChI=1S/C28H36N2O.2ClH/c31-27-10-2-1-8-22(27)18-29-23-12-11-21-16-26-24-9-3-4-13-28(24,25(21)17-23)14-15-30(26)19-20-6-5-7-20;;/h1-2,8,10-12,17,20,24,26,29,31H,3-7,9,13-16,18-19H2;2*1H/t24-,26+,28+;;/m0../s1. The van der Waals surface area contributed by atoms with Gasteiger partial charge in [0.25, 0.3) is 0 Å². The second kappa shape index (κ2) is 10.1. The van der Waals surface area contributed by atoms with Gasteiger partial charge in [-0.05, 0) is 86.2 Å². The molecule has 0 unspecified atom stereocenters. The molecule has 0 radical (unpaired) electrons. The van der Waals surface area contributed by atoms with E-state index < -0.39 is 0 Å². The van der Waals surface area contributed by atoms with Gasteiger partial charge < -0.3 is 10.4 Å². The van der Waals surface area contributed by atoms with E-state index in [-0.39, 0.29) is 24.8 Å². The Morgan fingerprint density at radius 2 is 1.82 bits per heavy atom. The largest absolute Gasteiger partial charge is 0.508 e. The van der Waals surface area contributed by atoms with Crippen molar-refractivity contribution in [1.29, 1.82) is 0 Å². The Kier molecular flexibility index (Phi) is 7.53. The number of fused-ring (bicyclic) bond motifs is 1. The summed E-state index contributed by atoms with van der Waals surface area (Å²) in [6.07, 6.45) is 12.6. The molecule has 6 rings (SSSR count). The molecule has 180 valence electrons. The summed E-state index contributed by atoms with van der Waals surface area (Å²) in [5, 5.41) is 13.7. The number of aromatic hydroxyl groups is 1. The Hall–Kier alpha value is -1.42. The van der Waals surface area contributed by atoms with Crippen molar-refractivity contribution >= 4 is 30.5 Å². The molecule has 2 saturated carbocycles. The minimum absolute atomic E-state index is 0. The fourth-order valence-electron chi connectivity index (χ4n) is 7.29. The minimum Gasteiger partial charge on any atom is -0.508 e. The third-order valence-corrected chi connectivity index (χ3v) is 9.14. The van der Waals surface area contributed by atoms with Crippen LogP contribution in [0.3, 0.4) is 0 Å². The molecule has 3 atom stereocenters. The highest BCUT2D eigenvalue weighted by molar-refractivity contribution is 5.85. The van der Waals surface area contributed by atoms with E-state index in [0.717, 1.165) is 23.4 Å². The number of para-hydroxylation sites is 1. The summed E-state index contributed by atoms with van der Waals surface area (Å²) in [5.74, 6) is 2.19. The first-order valence-corrected chi connectivity index (χ1v) is 12.6. The van der Waals surface area contributed by atoms with Gasteiger partial charge in [0.1, 0.15) is 5.75 Å². The maximum atomic E-state index is 10.1. The lowest BCUT2D eigenvalue weighted by Gasteiger charge is -2.59. The first kappa shape index (κ1) is 24.7. The number of benzene rings is 2. The van der Waals surface area contributed by atoms with E-state index in [4.69, 9.17) is 0 Å². The number of anilines is 1. The van der Waals surface area contributed by atoms with Crippen molar-refractivity contribution in [3.05, 3.63) is 59.2 Å². The van der Waals surface area contributed by atoms with Crippen LogP contribution in [0.25, 0.3) is 0 Å². The Morgan fingerprint density at radius 1 is 0.970 bits per heavy atom. The quantitative estimate of drug-likeness (QED) is 0.490. The Balaban J connectivity index is 0.00000130. The number of halogens is 2. The minimum atomic E-state index is 0. The van der Waals surface area contributed by atoms with Crippen LogP contribution in [-0.4, -0.2) is 29.1 Å². The lowest BCUT2D eigenvalue weighted by atomic mass is 9.52. The van der Waals surface area contributed by atoms with E-state index in [2.05, 4.69) is 28.4 Å². The van der Waals surface area contributed by atoms with Crippen LogP contribution in [0.2, 0.25) is 0 Å². The molecule has 1 heterocycles. The molecule has 2 bridgehead atoms. The number of hydrogen-bond acceptors (Lipinski definition) is 3. The van der Waals surface area contributed by atoms with E-state index >= 15 is 0 Å². The number of nitrogens with one attached hydrogen (secondary N) is 1. The molecule has 3 fully saturated rings. The van der Waals surface area contributed by atoms with Gasteiger partial charge in [-0.1, -0.05) is 43.5 Å². The second-order valence-corrected chi connectivity index (χ2v) is 10.7. The number of piperidine rings is 1. The van der Waals surface area contributed by atoms with E-state index in [9.17, 15) is 5.11 Å². The normalized spacial score (nSPS) is 28.4. The molecule has 0 amide bonds. The summed E-state index contributed by atoms with van der Waals surface area (Å²) in [6, 6.07) is 15.6. The van der Waals surface area contributed by atoms with Crippen molar-refractivity contribution < 1.29 is 5.11 Å². The first-order valence-electron chi connectivity index (χ1n) is 12.6. The predicted octanol–water partition coefficient (Wildman–Crippen LogP) is 6.71. The van der Waals surface area contributed by atoms with Gasteiger partial charge in [-0.3, -0.25) is 4.90 Å². The fraction of sp³-hybridized carbons (Fsp3) is 0.571. The fourth-order valence-corrected chi connectivity index (χ4v) is 7.29. The molecule has 1 saturated heterocycles. The van der Waals surface area contributed by atoms with E-state index in [1.54, 1.807) is 17.2 Å². The third kappa shape index (κ3) is 4.37. The van der Waals surface area contributed by atoms with Gasteiger partial charge >= 0.3 is 0 Å². The summed E-state index contributed by atoms with van der Waals surface area (Å²) in [4.78, 5) is 2.91. The number of phenolic OH excluding ortho intramolecular Hbond substituents is 1. The van der Waals surface area contributed by atoms with Crippen LogP contribution in [0.5, 0.6) is 5.75 Å². The van der Waals surface area contributed by atoms with Gasteiger partial charge in [0.15, 0.2) is 0 Å². The number of phenols is 1. The monoisotopic (exact) mass is 488 g/mol. The van der Waals surface area contributed by atoms with Crippen LogP contribution < -0.4 is 5.32 Å².